The van der Waals surface area contributed by atoms with Crippen molar-refractivity contribution in [3.8, 4) is 0 Å². The number of nitrogens with zero attached hydrogens (tertiary/aromatic N) is 1. The van der Waals surface area contributed by atoms with Crippen LogP contribution in [-0.4, -0.2) is 35.8 Å². The minimum absolute atomic E-state index is 0.00194. The molecule has 1 aromatic rings. The summed E-state index contributed by atoms with van der Waals surface area (Å²) in [7, 11) is 0. The molecular weight excluding hydrogens is 292 g/mol. The van der Waals surface area contributed by atoms with E-state index in [1.165, 1.54) is 18.9 Å². The van der Waals surface area contributed by atoms with E-state index in [2.05, 4.69) is 12.2 Å². The number of nitrogens with one attached hydrogen (secondary N) is 1. The largest absolute Gasteiger partial charge is 0.472 e. The lowest BCUT2D eigenvalue weighted by Crippen LogP contribution is -2.38. The van der Waals surface area contributed by atoms with Gasteiger partial charge in [0.2, 0.25) is 5.91 Å². The molecule has 0 bridgehead atoms. The van der Waals surface area contributed by atoms with Gasteiger partial charge < -0.3 is 14.6 Å². The summed E-state index contributed by atoms with van der Waals surface area (Å²) in [6, 6.07) is 1.84. The highest BCUT2D eigenvalue weighted by Gasteiger charge is 2.18. The number of rotatable bonds is 11. The number of furan rings is 1. The fourth-order valence-electron chi connectivity index (χ4n) is 2.30. The Kier molecular flexibility index (Phi) is 9.10. The van der Waals surface area contributed by atoms with E-state index >= 15 is 0 Å². The third-order valence-corrected chi connectivity index (χ3v) is 3.97. The quantitative estimate of drug-likeness (QED) is 0.633. The Morgan fingerprint density at radius 1 is 1.22 bits per heavy atom. The molecule has 0 radical (unpaired) electrons. The Labute approximate surface area is 139 Å². The molecule has 1 rings (SSSR count). The third-order valence-electron chi connectivity index (χ3n) is 3.97. The van der Waals surface area contributed by atoms with Gasteiger partial charge in [-0.3, -0.25) is 9.59 Å². The van der Waals surface area contributed by atoms with E-state index in [0.717, 1.165) is 25.7 Å². The standard InChI is InChI=1S/C18H30N2O3/c1-4-6-7-8-11-20(18(22)16-10-13-23-14-16)12-9-17(21)19-15(3)5-2/h10,13-15H,4-9,11-12H2,1-3H3,(H,19,21)/t15-/m0/s1. The van der Waals surface area contributed by atoms with Gasteiger partial charge in [0.15, 0.2) is 0 Å². The Balaban J connectivity index is 2.53. The van der Waals surface area contributed by atoms with Gasteiger partial charge in [0, 0.05) is 25.6 Å². The highest BCUT2D eigenvalue weighted by atomic mass is 16.3. The van der Waals surface area contributed by atoms with Crippen molar-refractivity contribution in [3.05, 3.63) is 24.2 Å². The van der Waals surface area contributed by atoms with Crippen molar-refractivity contribution in [1.29, 1.82) is 0 Å². The normalized spacial score (nSPS) is 12.0. The van der Waals surface area contributed by atoms with E-state index in [1.807, 2.05) is 13.8 Å². The van der Waals surface area contributed by atoms with Crippen LogP contribution in [0.3, 0.4) is 0 Å². The first-order valence-corrected chi connectivity index (χ1v) is 8.69. The smallest absolute Gasteiger partial charge is 0.257 e. The summed E-state index contributed by atoms with van der Waals surface area (Å²) in [6.07, 6.45) is 8.59. The van der Waals surface area contributed by atoms with Gasteiger partial charge in [0.25, 0.3) is 5.91 Å². The average Bonchev–Trinajstić information content (AvgIpc) is 3.07. The van der Waals surface area contributed by atoms with Crippen LogP contribution in [0.15, 0.2) is 23.0 Å². The van der Waals surface area contributed by atoms with E-state index in [9.17, 15) is 9.59 Å². The molecule has 2 amide bonds. The lowest BCUT2D eigenvalue weighted by Gasteiger charge is -2.22. The van der Waals surface area contributed by atoms with Gasteiger partial charge in [-0.25, -0.2) is 0 Å². The van der Waals surface area contributed by atoms with Crippen molar-refractivity contribution < 1.29 is 14.0 Å². The van der Waals surface area contributed by atoms with Gasteiger partial charge in [-0.1, -0.05) is 33.1 Å². The van der Waals surface area contributed by atoms with Crippen LogP contribution in [0, 0.1) is 0 Å². The van der Waals surface area contributed by atoms with Crippen LogP contribution in [0.2, 0.25) is 0 Å². The molecule has 1 aromatic heterocycles. The Morgan fingerprint density at radius 2 is 2.00 bits per heavy atom. The molecule has 23 heavy (non-hydrogen) atoms. The number of unbranched alkanes of at least 4 members (excludes halogenated alkanes) is 3. The minimum Gasteiger partial charge on any atom is -0.472 e. The second kappa shape index (κ2) is 10.9. The van der Waals surface area contributed by atoms with Crippen LogP contribution < -0.4 is 5.32 Å². The molecule has 0 saturated heterocycles. The summed E-state index contributed by atoms with van der Waals surface area (Å²) in [5, 5.41) is 2.94. The van der Waals surface area contributed by atoms with E-state index in [-0.39, 0.29) is 17.9 Å². The van der Waals surface area contributed by atoms with Crippen LogP contribution in [0.4, 0.5) is 0 Å². The predicted octanol–water partition coefficient (Wildman–Crippen LogP) is 3.61. The molecule has 0 fully saturated rings. The Morgan fingerprint density at radius 3 is 2.61 bits per heavy atom. The zero-order valence-electron chi connectivity index (χ0n) is 14.6. The average molecular weight is 322 g/mol. The topological polar surface area (TPSA) is 62.6 Å². The van der Waals surface area contributed by atoms with Crippen molar-refractivity contribution in [2.24, 2.45) is 0 Å². The predicted molar refractivity (Wildman–Crippen MR) is 91.3 cm³/mol. The van der Waals surface area contributed by atoms with Crippen molar-refractivity contribution in [2.45, 2.75) is 65.3 Å². The molecule has 5 nitrogen and oxygen atoms in total. The number of carbonyl (C=O) groups excluding carboxylic acids is 2. The lowest BCUT2D eigenvalue weighted by atomic mass is 10.2. The zero-order valence-corrected chi connectivity index (χ0v) is 14.6. The molecule has 1 heterocycles. The minimum atomic E-state index is -0.0633. The van der Waals surface area contributed by atoms with Crippen molar-refractivity contribution in [1.82, 2.24) is 10.2 Å². The third kappa shape index (κ3) is 7.35. The van der Waals surface area contributed by atoms with Crippen molar-refractivity contribution in [2.75, 3.05) is 13.1 Å². The summed E-state index contributed by atoms with van der Waals surface area (Å²) < 4.78 is 4.99. The number of hydrogen-bond donors (Lipinski definition) is 1. The first-order chi connectivity index (χ1) is 11.1. The maximum atomic E-state index is 12.5. The van der Waals surface area contributed by atoms with Gasteiger partial charge in [-0.15, -0.1) is 0 Å². The fraction of sp³-hybridized carbons (Fsp3) is 0.667. The van der Waals surface area contributed by atoms with Crippen LogP contribution in [0.25, 0.3) is 0 Å². The van der Waals surface area contributed by atoms with Crippen molar-refractivity contribution in [3.63, 3.8) is 0 Å². The SMILES string of the molecule is CCCCCCN(CCC(=O)N[C@@H](C)CC)C(=O)c1ccoc1. The molecule has 0 saturated carbocycles. The molecule has 0 aliphatic rings. The second-order valence-corrected chi connectivity index (χ2v) is 5.99. The van der Waals surface area contributed by atoms with Gasteiger partial charge in [0.05, 0.1) is 11.8 Å². The molecule has 5 heteroatoms. The first-order valence-electron chi connectivity index (χ1n) is 8.69. The highest BCUT2D eigenvalue weighted by Crippen LogP contribution is 2.09. The van der Waals surface area contributed by atoms with Crippen LogP contribution >= 0.6 is 0 Å². The van der Waals surface area contributed by atoms with Gasteiger partial charge >= 0.3 is 0 Å². The molecule has 0 aliphatic heterocycles. The Hall–Kier alpha value is -1.78. The summed E-state index contributed by atoms with van der Waals surface area (Å²) >= 11 is 0. The molecule has 1 atom stereocenters. The molecule has 0 aliphatic carbocycles. The molecule has 0 spiro atoms. The molecular formula is C18H30N2O3. The van der Waals surface area contributed by atoms with Crippen molar-refractivity contribution >= 4 is 11.8 Å². The van der Waals surface area contributed by atoms with Crippen LogP contribution in [0.5, 0.6) is 0 Å². The molecule has 130 valence electrons. The number of amides is 2. The van der Waals surface area contributed by atoms with E-state index in [4.69, 9.17) is 4.42 Å². The summed E-state index contributed by atoms with van der Waals surface area (Å²) in [6.45, 7) is 7.30. The monoisotopic (exact) mass is 322 g/mol. The zero-order chi connectivity index (χ0) is 17.1. The molecule has 0 unspecified atom stereocenters. The summed E-state index contributed by atoms with van der Waals surface area (Å²) in [5.74, 6) is -0.0653. The van der Waals surface area contributed by atoms with E-state index < -0.39 is 0 Å². The van der Waals surface area contributed by atoms with Crippen LogP contribution in [0.1, 0.15) is 69.7 Å². The Bertz CT molecular complexity index is 457. The van der Waals surface area contributed by atoms with Gasteiger partial charge in [-0.05, 0) is 25.8 Å². The maximum Gasteiger partial charge on any atom is 0.257 e. The van der Waals surface area contributed by atoms with Gasteiger partial charge in [-0.2, -0.15) is 0 Å². The maximum absolute atomic E-state index is 12.5. The van der Waals surface area contributed by atoms with E-state index in [1.54, 1.807) is 11.0 Å². The lowest BCUT2D eigenvalue weighted by molar-refractivity contribution is -0.121. The summed E-state index contributed by atoms with van der Waals surface area (Å²) in [5.41, 5.74) is 0.544. The molecule has 0 aromatic carbocycles. The summed E-state index contributed by atoms with van der Waals surface area (Å²) in [4.78, 5) is 26.2. The van der Waals surface area contributed by atoms with Crippen LogP contribution in [-0.2, 0) is 4.79 Å². The van der Waals surface area contributed by atoms with Gasteiger partial charge in [0.1, 0.15) is 6.26 Å². The van der Waals surface area contributed by atoms with E-state index in [0.29, 0.717) is 25.1 Å². The highest BCUT2D eigenvalue weighted by molar-refractivity contribution is 5.94. The number of carbonyl (C=O) groups is 2. The molecule has 1 N–H and O–H groups in total. The fourth-order valence-corrected chi connectivity index (χ4v) is 2.30. The first kappa shape index (κ1) is 19.3. The second-order valence-electron chi connectivity index (χ2n) is 5.99. The number of hydrogen-bond acceptors (Lipinski definition) is 3.